The average molecular weight is 375 g/mol. The molecule has 1 aliphatic carbocycles. The Balaban J connectivity index is 1.98. The van der Waals surface area contributed by atoms with Gasteiger partial charge in [0.25, 0.3) is 0 Å². The van der Waals surface area contributed by atoms with Gasteiger partial charge in [0, 0.05) is 24.8 Å². The molecule has 0 N–H and O–H groups in total. The van der Waals surface area contributed by atoms with Crippen LogP contribution >= 0.6 is 0 Å². The largest absolute Gasteiger partial charge is 0.300 e. The van der Waals surface area contributed by atoms with E-state index in [1.807, 2.05) is 49.4 Å². The van der Waals surface area contributed by atoms with Crippen LogP contribution < -0.4 is 4.90 Å². The summed E-state index contributed by atoms with van der Waals surface area (Å²) in [6.45, 7) is 6.05. The molecule has 1 saturated carbocycles. The van der Waals surface area contributed by atoms with Crippen molar-refractivity contribution in [1.82, 2.24) is 4.98 Å². The molecule has 1 amide bonds. The van der Waals surface area contributed by atoms with E-state index in [9.17, 15) is 9.59 Å². The zero-order chi connectivity index (χ0) is 19.9. The number of rotatable bonds is 2. The number of aliphatic imine (C=N–C) groups is 1. The number of carbonyl (C=O) groups is 2. The fraction of sp³-hybridized carbons (Fsp3) is 0.391. The maximum absolute atomic E-state index is 13.3. The number of amides is 1. The third-order valence-corrected chi connectivity index (χ3v) is 5.58. The standard InChI is InChI=1S/C23H25N3O2/c1-4-20(28)26-18-11-6-5-9-15(18)25-17-13-23(2,3)14-19(27)21(17)22(26)16-10-7-8-12-24-16/h5-12,21-22H,4,13-14H2,1-3H3. The van der Waals surface area contributed by atoms with Crippen LogP contribution in [0.25, 0.3) is 0 Å². The van der Waals surface area contributed by atoms with Crippen LogP contribution in [0.3, 0.4) is 0 Å². The molecule has 1 fully saturated rings. The number of hydrogen-bond donors (Lipinski definition) is 0. The monoisotopic (exact) mass is 375 g/mol. The summed E-state index contributed by atoms with van der Waals surface area (Å²) in [6, 6.07) is 12.8. The molecule has 144 valence electrons. The molecule has 5 heteroatoms. The highest BCUT2D eigenvalue weighted by molar-refractivity contribution is 6.12. The summed E-state index contributed by atoms with van der Waals surface area (Å²) in [7, 11) is 0. The molecule has 0 spiro atoms. The van der Waals surface area contributed by atoms with Gasteiger partial charge in [-0.3, -0.25) is 19.6 Å². The molecule has 0 radical (unpaired) electrons. The highest BCUT2D eigenvalue weighted by atomic mass is 16.2. The number of Topliss-reactive ketones (excluding diaryl/α,β-unsaturated/α-hetero) is 1. The molecule has 1 aromatic heterocycles. The van der Waals surface area contributed by atoms with E-state index in [-0.39, 0.29) is 17.1 Å². The van der Waals surface area contributed by atoms with Crippen molar-refractivity contribution in [3.8, 4) is 0 Å². The smallest absolute Gasteiger partial charge is 0.227 e. The minimum Gasteiger partial charge on any atom is -0.300 e. The van der Waals surface area contributed by atoms with Crippen molar-refractivity contribution in [2.75, 3.05) is 4.90 Å². The second-order valence-electron chi connectivity index (χ2n) is 8.37. The van der Waals surface area contributed by atoms with Gasteiger partial charge in [-0.15, -0.1) is 0 Å². The number of hydrogen-bond acceptors (Lipinski definition) is 4. The van der Waals surface area contributed by atoms with Crippen LogP contribution in [0.2, 0.25) is 0 Å². The summed E-state index contributed by atoms with van der Waals surface area (Å²) in [5.41, 5.74) is 2.94. The van der Waals surface area contributed by atoms with Crippen molar-refractivity contribution in [1.29, 1.82) is 0 Å². The predicted octanol–water partition coefficient (Wildman–Crippen LogP) is 4.66. The van der Waals surface area contributed by atoms with E-state index in [1.165, 1.54) is 0 Å². The van der Waals surface area contributed by atoms with Crippen LogP contribution in [0.1, 0.15) is 51.8 Å². The van der Waals surface area contributed by atoms with E-state index in [4.69, 9.17) is 4.99 Å². The molecule has 2 unspecified atom stereocenters. The SMILES string of the molecule is CCC(=O)N1c2ccccc2N=C2CC(C)(C)CC(=O)C2C1c1ccccn1. The number of ketones is 1. The Bertz CT molecular complexity index is 949. The third kappa shape index (κ3) is 3.15. The minimum absolute atomic E-state index is 0.0304. The van der Waals surface area contributed by atoms with Gasteiger partial charge in [0.15, 0.2) is 0 Å². The Hall–Kier alpha value is -2.82. The summed E-state index contributed by atoms with van der Waals surface area (Å²) >= 11 is 0. The Morgan fingerprint density at radius 1 is 1.14 bits per heavy atom. The third-order valence-electron chi connectivity index (χ3n) is 5.58. The molecule has 2 aliphatic rings. The van der Waals surface area contributed by atoms with Crippen molar-refractivity contribution in [2.24, 2.45) is 16.3 Å². The highest BCUT2D eigenvalue weighted by Gasteiger charge is 2.47. The quantitative estimate of drug-likeness (QED) is 0.767. The topological polar surface area (TPSA) is 62.6 Å². The number of fused-ring (bicyclic) bond motifs is 2. The summed E-state index contributed by atoms with van der Waals surface area (Å²) < 4.78 is 0. The molecule has 1 aromatic carbocycles. The van der Waals surface area contributed by atoms with E-state index in [0.29, 0.717) is 12.8 Å². The lowest BCUT2D eigenvalue weighted by atomic mass is 9.68. The fourth-order valence-electron chi connectivity index (χ4n) is 4.43. The van der Waals surface area contributed by atoms with Crippen molar-refractivity contribution >= 4 is 28.8 Å². The van der Waals surface area contributed by atoms with Gasteiger partial charge in [-0.05, 0) is 36.1 Å². The number of benzene rings is 1. The molecule has 0 saturated heterocycles. The maximum Gasteiger partial charge on any atom is 0.227 e. The van der Waals surface area contributed by atoms with E-state index in [0.717, 1.165) is 29.2 Å². The van der Waals surface area contributed by atoms with Gasteiger partial charge in [-0.1, -0.05) is 39.0 Å². The summed E-state index contributed by atoms with van der Waals surface area (Å²) in [5, 5.41) is 0. The van der Waals surface area contributed by atoms with Gasteiger partial charge in [0.1, 0.15) is 5.78 Å². The minimum atomic E-state index is -0.473. The number of carbonyl (C=O) groups excluding carboxylic acids is 2. The molecule has 5 nitrogen and oxygen atoms in total. The first kappa shape index (κ1) is 18.5. The normalized spacial score (nSPS) is 23.3. The first-order chi connectivity index (χ1) is 13.4. The van der Waals surface area contributed by atoms with Crippen LogP contribution in [0.15, 0.2) is 53.7 Å². The zero-order valence-corrected chi connectivity index (χ0v) is 16.6. The van der Waals surface area contributed by atoms with Crippen LogP contribution in [0, 0.1) is 11.3 Å². The summed E-state index contributed by atoms with van der Waals surface area (Å²) in [4.78, 5) is 37.7. The molecular weight excluding hydrogens is 350 g/mol. The van der Waals surface area contributed by atoms with Crippen LogP contribution in [0.5, 0.6) is 0 Å². The molecule has 4 rings (SSSR count). The van der Waals surface area contributed by atoms with Crippen LogP contribution in [0.4, 0.5) is 11.4 Å². The molecule has 2 heterocycles. The number of anilines is 1. The van der Waals surface area contributed by atoms with Crippen molar-refractivity contribution in [3.05, 3.63) is 54.4 Å². The van der Waals surface area contributed by atoms with Gasteiger partial charge < -0.3 is 4.90 Å². The highest BCUT2D eigenvalue weighted by Crippen LogP contribution is 2.47. The number of nitrogens with zero attached hydrogens (tertiary/aromatic N) is 3. The lowest BCUT2D eigenvalue weighted by Crippen LogP contribution is -2.47. The second-order valence-corrected chi connectivity index (χ2v) is 8.37. The van der Waals surface area contributed by atoms with Crippen molar-refractivity contribution in [2.45, 2.75) is 46.1 Å². The van der Waals surface area contributed by atoms with E-state index in [2.05, 4.69) is 18.8 Å². The van der Waals surface area contributed by atoms with Crippen molar-refractivity contribution < 1.29 is 9.59 Å². The lowest BCUT2D eigenvalue weighted by Gasteiger charge is -2.40. The molecule has 0 bridgehead atoms. The lowest BCUT2D eigenvalue weighted by molar-refractivity contribution is -0.125. The fourth-order valence-corrected chi connectivity index (χ4v) is 4.43. The van der Waals surface area contributed by atoms with E-state index >= 15 is 0 Å². The van der Waals surface area contributed by atoms with Crippen LogP contribution in [-0.4, -0.2) is 22.4 Å². The Morgan fingerprint density at radius 3 is 2.61 bits per heavy atom. The first-order valence-corrected chi connectivity index (χ1v) is 9.83. The Labute approximate surface area is 165 Å². The maximum atomic E-state index is 13.3. The number of para-hydroxylation sites is 2. The molecule has 2 aromatic rings. The number of aromatic nitrogens is 1. The van der Waals surface area contributed by atoms with Gasteiger partial charge in [-0.2, -0.15) is 0 Å². The molecular formula is C23H25N3O2. The van der Waals surface area contributed by atoms with Gasteiger partial charge in [0.05, 0.1) is 29.0 Å². The van der Waals surface area contributed by atoms with Crippen molar-refractivity contribution in [3.63, 3.8) is 0 Å². The van der Waals surface area contributed by atoms with Gasteiger partial charge in [-0.25, -0.2) is 0 Å². The molecule has 1 aliphatic heterocycles. The summed E-state index contributed by atoms with van der Waals surface area (Å²) in [6.07, 6.45) is 3.27. The van der Waals surface area contributed by atoms with E-state index in [1.54, 1.807) is 11.1 Å². The zero-order valence-electron chi connectivity index (χ0n) is 16.6. The van der Waals surface area contributed by atoms with Gasteiger partial charge >= 0.3 is 0 Å². The van der Waals surface area contributed by atoms with Crippen LogP contribution in [-0.2, 0) is 9.59 Å². The predicted molar refractivity (Wildman–Crippen MR) is 110 cm³/mol. The first-order valence-electron chi connectivity index (χ1n) is 9.83. The summed E-state index contributed by atoms with van der Waals surface area (Å²) in [5.74, 6) is -0.365. The second kappa shape index (κ2) is 6.97. The average Bonchev–Trinajstić information content (AvgIpc) is 2.81. The Morgan fingerprint density at radius 2 is 1.89 bits per heavy atom. The van der Waals surface area contributed by atoms with Gasteiger partial charge in [0.2, 0.25) is 5.91 Å². The Kier molecular flexibility index (Phi) is 4.61. The number of pyridine rings is 1. The molecule has 28 heavy (non-hydrogen) atoms. The molecule has 2 atom stereocenters. The van der Waals surface area contributed by atoms with E-state index < -0.39 is 12.0 Å².